The smallest absolute Gasteiger partial charge is 0.223 e. The zero-order valence-electron chi connectivity index (χ0n) is 17.0. The van der Waals surface area contributed by atoms with Crippen molar-refractivity contribution >= 4 is 16.9 Å². The molecule has 4 rings (SSSR count). The Morgan fingerprint density at radius 1 is 1.10 bits per heavy atom. The van der Waals surface area contributed by atoms with Gasteiger partial charge in [0, 0.05) is 49.4 Å². The minimum atomic E-state index is -0.302. The van der Waals surface area contributed by atoms with Crippen molar-refractivity contribution in [1.29, 1.82) is 0 Å². The summed E-state index contributed by atoms with van der Waals surface area (Å²) < 4.78 is 24.7. The summed E-state index contributed by atoms with van der Waals surface area (Å²) >= 11 is 0. The summed E-state index contributed by atoms with van der Waals surface area (Å²) in [7, 11) is 1.79. The standard InChI is InChI=1S/C24H23FN2O3/c1-3-20-19(18-6-4-5-7-21(18)29-20)15-27(2)24(28)13-12-23-26-14-22(30-23)16-8-10-17(25)11-9-16/h4-11,14H,3,12-13,15H2,1-2H3. The number of carbonyl (C=O) groups is 1. The lowest BCUT2D eigenvalue weighted by atomic mass is 10.1. The van der Waals surface area contributed by atoms with Crippen molar-refractivity contribution in [3.8, 4) is 11.3 Å². The third-order valence-corrected chi connectivity index (χ3v) is 5.16. The van der Waals surface area contributed by atoms with Crippen molar-refractivity contribution < 1.29 is 18.0 Å². The van der Waals surface area contributed by atoms with Crippen molar-refractivity contribution in [3.05, 3.63) is 77.8 Å². The van der Waals surface area contributed by atoms with Gasteiger partial charge in [0.25, 0.3) is 0 Å². The van der Waals surface area contributed by atoms with Crippen LogP contribution in [-0.4, -0.2) is 22.8 Å². The number of hydrogen-bond donors (Lipinski definition) is 0. The van der Waals surface area contributed by atoms with Gasteiger partial charge in [0.15, 0.2) is 11.7 Å². The minimum Gasteiger partial charge on any atom is -0.461 e. The monoisotopic (exact) mass is 406 g/mol. The van der Waals surface area contributed by atoms with Crippen LogP contribution < -0.4 is 0 Å². The third kappa shape index (κ3) is 4.13. The zero-order valence-corrected chi connectivity index (χ0v) is 17.0. The van der Waals surface area contributed by atoms with Crippen LogP contribution in [0.2, 0.25) is 0 Å². The van der Waals surface area contributed by atoms with Crippen LogP contribution in [0.25, 0.3) is 22.3 Å². The molecule has 154 valence electrons. The van der Waals surface area contributed by atoms with E-state index in [4.69, 9.17) is 8.83 Å². The highest BCUT2D eigenvalue weighted by molar-refractivity contribution is 5.83. The van der Waals surface area contributed by atoms with Crippen molar-refractivity contribution in [3.63, 3.8) is 0 Å². The molecule has 0 aliphatic rings. The summed E-state index contributed by atoms with van der Waals surface area (Å²) in [6.45, 7) is 2.54. The number of rotatable bonds is 7. The molecule has 4 aromatic rings. The summed E-state index contributed by atoms with van der Waals surface area (Å²) in [5.41, 5.74) is 2.65. The Morgan fingerprint density at radius 3 is 2.63 bits per heavy atom. The van der Waals surface area contributed by atoms with E-state index in [1.165, 1.54) is 12.1 Å². The molecule has 2 heterocycles. The molecule has 0 saturated carbocycles. The van der Waals surface area contributed by atoms with Gasteiger partial charge in [0.2, 0.25) is 5.91 Å². The van der Waals surface area contributed by atoms with Gasteiger partial charge in [0.05, 0.1) is 6.20 Å². The summed E-state index contributed by atoms with van der Waals surface area (Å²) in [6, 6.07) is 13.9. The van der Waals surface area contributed by atoms with E-state index in [0.29, 0.717) is 24.6 Å². The quantitative estimate of drug-likeness (QED) is 0.413. The molecule has 5 nitrogen and oxygen atoms in total. The maximum atomic E-state index is 13.1. The Labute approximate surface area is 174 Å². The van der Waals surface area contributed by atoms with Gasteiger partial charge in [-0.1, -0.05) is 25.1 Å². The van der Waals surface area contributed by atoms with Crippen LogP contribution in [0.3, 0.4) is 0 Å². The molecule has 6 heteroatoms. The molecule has 0 radical (unpaired) electrons. The predicted octanol–water partition coefficient (Wildman–Crippen LogP) is 5.38. The van der Waals surface area contributed by atoms with Crippen LogP contribution in [0, 0.1) is 5.82 Å². The fourth-order valence-corrected chi connectivity index (χ4v) is 3.51. The van der Waals surface area contributed by atoms with Crippen molar-refractivity contribution in [2.24, 2.45) is 0 Å². The van der Waals surface area contributed by atoms with Crippen molar-refractivity contribution in [2.45, 2.75) is 32.7 Å². The van der Waals surface area contributed by atoms with E-state index in [1.807, 2.05) is 31.2 Å². The topological polar surface area (TPSA) is 59.5 Å². The number of carbonyl (C=O) groups excluding carboxylic acids is 1. The van der Waals surface area contributed by atoms with Crippen molar-refractivity contribution in [2.75, 3.05) is 7.05 Å². The first kappa shape index (κ1) is 19.9. The van der Waals surface area contributed by atoms with Crippen LogP contribution >= 0.6 is 0 Å². The lowest BCUT2D eigenvalue weighted by Gasteiger charge is -2.17. The second-order valence-electron chi connectivity index (χ2n) is 7.23. The van der Waals surface area contributed by atoms with E-state index in [9.17, 15) is 9.18 Å². The minimum absolute atomic E-state index is 0.00358. The first-order chi connectivity index (χ1) is 14.5. The highest BCUT2D eigenvalue weighted by Crippen LogP contribution is 2.27. The highest BCUT2D eigenvalue weighted by Gasteiger charge is 2.18. The van der Waals surface area contributed by atoms with Crippen molar-refractivity contribution in [1.82, 2.24) is 9.88 Å². The van der Waals surface area contributed by atoms with Gasteiger partial charge < -0.3 is 13.7 Å². The number of aromatic nitrogens is 1. The second kappa shape index (κ2) is 8.53. The van der Waals surface area contributed by atoms with Gasteiger partial charge >= 0.3 is 0 Å². The number of aryl methyl sites for hydroxylation is 2. The molecule has 1 amide bonds. The number of nitrogens with zero attached hydrogens (tertiary/aromatic N) is 2. The van der Waals surface area contributed by atoms with Gasteiger partial charge in [0.1, 0.15) is 17.2 Å². The number of amides is 1. The molecule has 0 saturated heterocycles. The van der Waals surface area contributed by atoms with Gasteiger partial charge in [-0.25, -0.2) is 9.37 Å². The molecule has 0 aliphatic carbocycles. The molecule has 0 spiro atoms. The fourth-order valence-electron chi connectivity index (χ4n) is 3.51. The Morgan fingerprint density at radius 2 is 1.87 bits per heavy atom. The molecule has 2 aromatic carbocycles. The number of hydrogen-bond acceptors (Lipinski definition) is 4. The molecule has 0 N–H and O–H groups in total. The molecule has 2 aromatic heterocycles. The second-order valence-corrected chi connectivity index (χ2v) is 7.23. The van der Waals surface area contributed by atoms with Gasteiger partial charge in [-0.2, -0.15) is 0 Å². The van der Waals surface area contributed by atoms with Gasteiger partial charge in [-0.05, 0) is 30.3 Å². The number of benzene rings is 2. The number of fused-ring (bicyclic) bond motifs is 1. The third-order valence-electron chi connectivity index (χ3n) is 5.16. The van der Waals surface area contributed by atoms with E-state index >= 15 is 0 Å². The summed E-state index contributed by atoms with van der Waals surface area (Å²) in [6.07, 6.45) is 3.06. The molecule has 0 unspecified atom stereocenters. The molecule has 0 atom stereocenters. The first-order valence-electron chi connectivity index (χ1n) is 9.99. The maximum Gasteiger partial charge on any atom is 0.223 e. The SMILES string of the molecule is CCc1oc2ccccc2c1CN(C)C(=O)CCc1ncc(-c2ccc(F)cc2)o1. The van der Waals surface area contributed by atoms with E-state index in [1.54, 1.807) is 30.3 Å². The number of para-hydroxylation sites is 1. The van der Waals surface area contributed by atoms with Crippen LogP contribution in [0.4, 0.5) is 4.39 Å². The molecule has 0 bridgehead atoms. The Balaban J connectivity index is 1.40. The summed E-state index contributed by atoms with van der Waals surface area (Å²) in [5, 5.41) is 1.05. The van der Waals surface area contributed by atoms with Crippen LogP contribution in [0.5, 0.6) is 0 Å². The summed E-state index contributed by atoms with van der Waals surface area (Å²) in [4.78, 5) is 18.6. The fraction of sp³-hybridized carbons (Fsp3) is 0.250. The largest absolute Gasteiger partial charge is 0.461 e. The number of halogens is 1. The van der Waals surface area contributed by atoms with Crippen LogP contribution in [0.15, 0.2) is 63.6 Å². The molecular formula is C24H23FN2O3. The van der Waals surface area contributed by atoms with E-state index in [-0.39, 0.29) is 18.1 Å². The van der Waals surface area contributed by atoms with E-state index in [0.717, 1.165) is 34.3 Å². The maximum absolute atomic E-state index is 13.1. The van der Waals surface area contributed by atoms with Gasteiger partial charge in [-0.15, -0.1) is 0 Å². The average Bonchev–Trinajstić information content (AvgIpc) is 3.37. The average molecular weight is 406 g/mol. The molecule has 30 heavy (non-hydrogen) atoms. The van der Waals surface area contributed by atoms with Crippen LogP contribution in [-0.2, 0) is 24.2 Å². The Bertz CT molecular complexity index is 1160. The first-order valence-corrected chi connectivity index (χ1v) is 9.99. The number of furan rings is 1. The Kier molecular flexibility index (Phi) is 5.65. The lowest BCUT2D eigenvalue weighted by Crippen LogP contribution is -2.26. The molecular weight excluding hydrogens is 383 g/mol. The van der Waals surface area contributed by atoms with E-state index < -0.39 is 0 Å². The molecule has 0 fully saturated rings. The lowest BCUT2D eigenvalue weighted by molar-refractivity contribution is -0.130. The molecule has 0 aliphatic heterocycles. The zero-order chi connectivity index (χ0) is 21.1. The predicted molar refractivity (Wildman–Crippen MR) is 112 cm³/mol. The highest BCUT2D eigenvalue weighted by atomic mass is 19.1. The van der Waals surface area contributed by atoms with Gasteiger partial charge in [-0.3, -0.25) is 4.79 Å². The van der Waals surface area contributed by atoms with E-state index in [2.05, 4.69) is 4.98 Å². The normalized spacial score (nSPS) is 11.2. The Hall–Kier alpha value is -3.41. The van der Waals surface area contributed by atoms with Crippen LogP contribution in [0.1, 0.15) is 30.6 Å². The number of oxazole rings is 1. The summed E-state index contributed by atoms with van der Waals surface area (Å²) in [5.74, 6) is 1.66.